The Morgan fingerprint density at radius 2 is 2.21 bits per heavy atom. The highest BCUT2D eigenvalue weighted by atomic mass is 16.5. The molecule has 4 heteroatoms. The number of aryl methyl sites for hydroxylation is 1. The Hall–Kier alpha value is -1.55. The lowest BCUT2D eigenvalue weighted by atomic mass is 10.1. The van der Waals surface area contributed by atoms with Gasteiger partial charge in [0, 0.05) is 19.0 Å². The average Bonchev–Trinajstić information content (AvgIpc) is 2.96. The predicted octanol–water partition coefficient (Wildman–Crippen LogP) is 1.50. The monoisotopic (exact) mass is 262 g/mol. The Balaban J connectivity index is 1.67. The number of carbonyl (C=O) groups is 1. The summed E-state index contributed by atoms with van der Waals surface area (Å²) in [5.41, 5.74) is 1.16. The van der Waals surface area contributed by atoms with Crippen molar-refractivity contribution in [3.05, 3.63) is 29.8 Å². The van der Waals surface area contributed by atoms with Gasteiger partial charge < -0.3 is 15.4 Å². The molecule has 0 spiro atoms. The normalized spacial score (nSPS) is 18.3. The number of hydrogen-bond acceptors (Lipinski definition) is 3. The zero-order valence-electron chi connectivity index (χ0n) is 11.4. The Morgan fingerprint density at radius 3 is 2.84 bits per heavy atom. The number of ether oxygens (including phenoxy) is 1. The predicted molar refractivity (Wildman–Crippen MR) is 75.3 cm³/mol. The Labute approximate surface area is 114 Å². The highest BCUT2D eigenvalue weighted by molar-refractivity contribution is 5.76. The Bertz CT molecular complexity index is 397. The van der Waals surface area contributed by atoms with Crippen LogP contribution in [0.1, 0.15) is 24.8 Å². The van der Waals surface area contributed by atoms with Crippen LogP contribution in [0.2, 0.25) is 0 Å². The summed E-state index contributed by atoms with van der Waals surface area (Å²) < 4.78 is 5.10. The van der Waals surface area contributed by atoms with Crippen molar-refractivity contribution in [2.24, 2.45) is 0 Å². The van der Waals surface area contributed by atoms with Crippen LogP contribution in [0.15, 0.2) is 24.3 Å². The van der Waals surface area contributed by atoms with Crippen molar-refractivity contribution in [1.29, 1.82) is 0 Å². The fourth-order valence-electron chi connectivity index (χ4n) is 2.31. The van der Waals surface area contributed by atoms with E-state index in [1.807, 2.05) is 24.3 Å². The van der Waals surface area contributed by atoms with E-state index in [-0.39, 0.29) is 5.91 Å². The van der Waals surface area contributed by atoms with E-state index in [9.17, 15) is 4.79 Å². The summed E-state index contributed by atoms with van der Waals surface area (Å²) in [5, 5.41) is 6.36. The molecule has 2 N–H and O–H groups in total. The fourth-order valence-corrected chi connectivity index (χ4v) is 2.31. The number of carbonyl (C=O) groups excluding carboxylic acids is 1. The highest BCUT2D eigenvalue weighted by Gasteiger charge is 2.14. The van der Waals surface area contributed by atoms with Gasteiger partial charge in [-0.2, -0.15) is 0 Å². The maximum Gasteiger partial charge on any atom is 0.220 e. The van der Waals surface area contributed by atoms with E-state index < -0.39 is 0 Å². The van der Waals surface area contributed by atoms with Gasteiger partial charge in [-0.15, -0.1) is 0 Å². The first kappa shape index (κ1) is 13.9. The second-order valence-corrected chi connectivity index (χ2v) is 4.95. The van der Waals surface area contributed by atoms with Crippen LogP contribution in [-0.4, -0.2) is 32.1 Å². The molecular formula is C15H22N2O2. The summed E-state index contributed by atoms with van der Waals surface area (Å²) in [6.07, 6.45) is 3.69. The van der Waals surface area contributed by atoms with Crippen LogP contribution in [0.4, 0.5) is 0 Å². The lowest BCUT2D eigenvalue weighted by Gasteiger charge is -2.11. The van der Waals surface area contributed by atoms with Crippen LogP contribution < -0.4 is 15.4 Å². The molecule has 1 aliphatic rings. The van der Waals surface area contributed by atoms with Crippen molar-refractivity contribution in [2.45, 2.75) is 31.7 Å². The van der Waals surface area contributed by atoms with E-state index in [0.717, 1.165) is 30.8 Å². The number of methoxy groups -OCH3 is 1. The third kappa shape index (κ3) is 4.56. The zero-order chi connectivity index (χ0) is 13.5. The summed E-state index contributed by atoms with van der Waals surface area (Å²) >= 11 is 0. The summed E-state index contributed by atoms with van der Waals surface area (Å²) in [6, 6.07) is 8.32. The summed E-state index contributed by atoms with van der Waals surface area (Å²) in [5.74, 6) is 0.977. The fraction of sp³-hybridized carbons (Fsp3) is 0.533. The Morgan fingerprint density at radius 1 is 1.42 bits per heavy atom. The van der Waals surface area contributed by atoms with Crippen molar-refractivity contribution in [3.63, 3.8) is 0 Å². The smallest absolute Gasteiger partial charge is 0.220 e. The highest BCUT2D eigenvalue weighted by Crippen LogP contribution is 2.12. The molecule has 1 aromatic carbocycles. The third-order valence-electron chi connectivity index (χ3n) is 3.51. The van der Waals surface area contributed by atoms with Gasteiger partial charge in [-0.3, -0.25) is 4.79 Å². The minimum Gasteiger partial charge on any atom is -0.497 e. The number of hydrogen-bond donors (Lipinski definition) is 2. The average molecular weight is 262 g/mol. The molecule has 1 aromatic rings. The van der Waals surface area contributed by atoms with Gasteiger partial charge in [0.2, 0.25) is 5.91 Å². The molecule has 1 aliphatic heterocycles. The van der Waals surface area contributed by atoms with Gasteiger partial charge >= 0.3 is 0 Å². The van der Waals surface area contributed by atoms with Crippen molar-refractivity contribution >= 4 is 5.91 Å². The second-order valence-electron chi connectivity index (χ2n) is 4.95. The molecule has 1 fully saturated rings. The molecule has 0 aliphatic carbocycles. The van der Waals surface area contributed by atoms with Crippen LogP contribution in [-0.2, 0) is 11.2 Å². The van der Waals surface area contributed by atoms with Crippen molar-refractivity contribution < 1.29 is 9.53 Å². The van der Waals surface area contributed by atoms with Gasteiger partial charge in [0.05, 0.1) is 7.11 Å². The van der Waals surface area contributed by atoms with Gasteiger partial charge in [0.1, 0.15) is 5.75 Å². The van der Waals surface area contributed by atoms with E-state index in [1.54, 1.807) is 7.11 Å². The number of amides is 1. The number of rotatable bonds is 6. The van der Waals surface area contributed by atoms with E-state index in [0.29, 0.717) is 12.5 Å². The first-order valence-electron chi connectivity index (χ1n) is 6.91. The molecule has 19 heavy (non-hydrogen) atoms. The van der Waals surface area contributed by atoms with Gasteiger partial charge in [-0.05, 0) is 43.5 Å². The maximum atomic E-state index is 11.7. The van der Waals surface area contributed by atoms with E-state index in [2.05, 4.69) is 10.6 Å². The molecular weight excluding hydrogens is 240 g/mol. The zero-order valence-corrected chi connectivity index (χ0v) is 11.4. The molecule has 1 amide bonds. The molecule has 0 aromatic heterocycles. The molecule has 1 atom stereocenters. The second kappa shape index (κ2) is 7.14. The van der Waals surface area contributed by atoms with Gasteiger partial charge in [-0.25, -0.2) is 0 Å². The van der Waals surface area contributed by atoms with Crippen molar-refractivity contribution in [2.75, 3.05) is 20.2 Å². The van der Waals surface area contributed by atoms with Crippen molar-refractivity contribution in [3.8, 4) is 5.75 Å². The number of nitrogens with one attached hydrogen (secondary N) is 2. The first-order valence-corrected chi connectivity index (χ1v) is 6.91. The van der Waals surface area contributed by atoms with Crippen LogP contribution in [0, 0.1) is 0 Å². The molecule has 2 rings (SSSR count). The molecule has 4 nitrogen and oxygen atoms in total. The van der Waals surface area contributed by atoms with E-state index in [4.69, 9.17) is 4.74 Å². The van der Waals surface area contributed by atoms with Crippen LogP contribution in [0.5, 0.6) is 5.75 Å². The largest absolute Gasteiger partial charge is 0.497 e. The summed E-state index contributed by atoms with van der Waals surface area (Å²) in [7, 11) is 1.65. The SMILES string of the molecule is COc1ccc(CCC(=O)NCC2CCCN2)cc1. The molecule has 1 saturated heterocycles. The van der Waals surface area contributed by atoms with Gasteiger partial charge in [0.15, 0.2) is 0 Å². The standard InChI is InChI=1S/C15H22N2O2/c1-19-14-7-4-12(5-8-14)6-9-15(18)17-11-13-3-2-10-16-13/h4-5,7-8,13,16H,2-3,6,9-11H2,1H3,(H,17,18). The Kier molecular flexibility index (Phi) is 5.21. The van der Waals surface area contributed by atoms with Crippen LogP contribution in [0.3, 0.4) is 0 Å². The van der Waals surface area contributed by atoms with E-state index >= 15 is 0 Å². The van der Waals surface area contributed by atoms with Gasteiger partial charge in [0.25, 0.3) is 0 Å². The summed E-state index contributed by atoms with van der Waals surface area (Å²) in [4.78, 5) is 11.7. The lowest BCUT2D eigenvalue weighted by Crippen LogP contribution is -2.37. The summed E-state index contributed by atoms with van der Waals surface area (Å²) in [6.45, 7) is 1.83. The molecule has 0 bridgehead atoms. The molecule has 0 saturated carbocycles. The molecule has 1 heterocycles. The van der Waals surface area contributed by atoms with Gasteiger partial charge in [-0.1, -0.05) is 12.1 Å². The minimum absolute atomic E-state index is 0.129. The topological polar surface area (TPSA) is 50.4 Å². The minimum atomic E-state index is 0.129. The number of benzene rings is 1. The molecule has 1 unspecified atom stereocenters. The maximum absolute atomic E-state index is 11.7. The third-order valence-corrected chi connectivity index (χ3v) is 3.51. The van der Waals surface area contributed by atoms with Crippen molar-refractivity contribution in [1.82, 2.24) is 10.6 Å². The quantitative estimate of drug-likeness (QED) is 0.817. The lowest BCUT2D eigenvalue weighted by molar-refractivity contribution is -0.121. The van der Waals surface area contributed by atoms with Crippen LogP contribution >= 0.6 is 0 Å². The van der Waals surface area contributed by atoms with Crippen LogP contribution in [0.25, 0.3) is 0 Å². The van der Waals surface area contributed by atoms with E-state index in [1.165, 1.54) is 12.8 Å². The molecule has 0 radical (unpaired) electrons. The first-order chi connectivity index (χ1) is 9.28. The molecule has 104 valence electrons.